The largest absolute Gasteiger partial charge is 0.493 e. The number of ether oxygens (including phenoxy) is 4. The van der Waals surface area contributed by atoms with Crippen molar-refractivity contribution in [2.75, 3.05) is 97.0 Å². The molecule has 720 valence electrons. The number of fused-ring (bicyclic) bond motifs is 8. The maximum atomic E-state index is 15.9. The van der Waals surface area contributed by atoms with Crippen LogP contribution in [0, 0.1) is 0 Å². The molecule has 0 radical (unpaired) electrons. The van der Waals surface area contributed by atoms with E-state index in [-0.39, 0.29) is 50.3 Å². The minimum atomic E-state index is -3.35. The Kier molecular flexibility index (Phi) is 47.9. The predicted octanol–water partition coefficient (Wildman–Crippen LogP) is 28.6. The lowest BCUT2D eigenvalue weighted by atomic mass is 9.90. The van der Waals surface area contributed by atoms with E-state index in [1.54, 1.807) is 0 Å². The molecule has 8 aromatic rings. The third kappa shape index (κ3) is 35.5. The fourth-order valence-electron chi connectivity index (χ4n) is 18.3. The van der Waals surface area contributed by atoms with E-state index in [1.807, 2.05) is 170 Å². The second-order valence-corrected chi connectivity index (χ2v) is 49.3. The molecule has 4 amide bonds. The second-order valence-electron chi connectivity index (χ2n) is 37.1. The molecule has 4 unspecified atom stereocenters. The van der Waals surface area contributed by atoms with Gasteiger partial charge in [-0.15, -0.1) is 0 Å². The molecule has 8 bridgehead atoms. The fraction of sp³-hybridized carbons (Fsp3) is 0.536. The van der Waals surface area contributed by atoms with Gasteiger partial charge in [-0.1, -0.05) is 357 Å². The maximum absolute atomic E-state index is 15.9. The quantitative estimate of drug-likeness (QED) is 0.0207. The van der Waals surface area contributed by atoms with Gasteiger partial charge in [0.1, 0.15) is 51.6 Å². The highest BCUT2D eigenvalue weighted by molar-refractivity contribution is 7.73. The summed E-state index contributed by atoms with van der Waals surface area (Å²) in [6.45, 7) is 18.8. The standard InChI is InChI=1S/C112H160N4O12P4/c1-9-17-25-29-33-53-69-129(121,101-57-41-37-42-58-101)85-105(117)113-97-77-89-73-91-79-98(114-106(118)86-130(122,102-59-43-38-44-60-102)70-54-34-30-26-18-10-2)81-93(110(91)126-66-50-22-14-6)75-95-83-100(116-108(120)88-132(124,104-63-47-40-48-64-104)72-56-36-32-28-20-12-4)84-96(112(95)128-68-52-24-16-8)76-94-82-99(115-107(119)87-131(123,103-61-45-39-46-62-103)71-55-35-31-27-19-11-3)80-92(111(94)127-67-51-23-15-7)74-90(78-97)109(89)125-65-49-21-13-5/h37-48,57-64,77-84H,9-36,49-56,65-76,85-88H2,1-8H3,(H,113,117)(H,114,118)(H,115,119)(H,116,120). The lowest BCUT2D eigenvalue weighted by molar-refractivity contribution is -0.114. The minimum absolute atomic E-state index is 0.116. The summed E-state index contributed by atoms with van der Waals surface area (Å²) in [5, 5.41) is 16.1. The molecule has 132 heavy (non-hydrogen) atoms. The summed E-state index contributed by atoms with van der Waals surface area (Å²) in [7, 11) is -13.4. The smallest absolute Gasteiger partial charge is 0.232 e. The van der Waals surface area contributed by atoms with Crippen molar-refractivity contribution in [3.63, 3.8) is 0 Å². The molecule has 8 aromatic carbocycles. The molecule has 16 nitrogen and oxygen atoms in total. The van der Waals surface area contributed by atoms with Gasteiger partial charge in [-0.2, -0.15) is 0 Å². The third-order valence-electron chi connectivity index (χ3n) is 25.6. The minimum Gasteiger partial charge on any atom is -0.493 e. The SMILES string of the molecule is CCCCCCCCP(=O)(CC(=O)Nc1cc2c(OCCCCC)c(c1)Cc1cc(NC(=O)CP(=O)(CCCCCCCC)c3ccccc3)cc(c1OCCCCC)Cc1cc(NC(=O)CP(=O)(CCCCCCCC)c3ccccc3)cc(c1OCCCCC)Cc1cc(NC(=O)CP(=O)(CCCCCCCC)c3ccccc3)cc(c1OCCCCC)C2)c1ccccc1. The van der Waals surface area contributed by atoms with Crippen LogP contribution in [0.15, 0.2) is 170 Å². The van der Waals surface area contributed by atoms with Crippen LogP contribution in [0.3, 0.4) is 0 Å². The summed E-state index contributed by atoms with van der Waals surface area (Å²) in [4.78, 5) is 62.2. The summed E-state index contributed by atoms with van der Waals surface area (Å²) in [6, 6.07) is 53.7. The number of amides is 4. The monoisotopic (exact) mass is 1880 g/mol. The molecule has 0 spiro atoms. The Balaban J connectivity index is 1.35. The van der Waals surface area contributed by atoms with Gasteiger partial charge in [-0.25, -0.2) is 0 Å². The Morgan fingerprint density at radius 3 is 0.561 bits per heavy atom. The molecule has 9 rings (SSSR count). The molecule has 0 fully saturated rings. The molecule has 0 saturated heterocycles. The molecule has 4 atom stereocenters. The molecule has 0 aromatic heterocycles. The van der Waals surface area contributed by atoms with Gasteiger partial charge in [-0.05, 0) is 99.9 Å². The Hall–Kier alpha value is -8.24. The van der Waals surface area contributed by atoms with Crippen LogP contribution in [0.1, 0.15) is 331 Å². The van der Waals surface area contributed by atoms with Gasteiger partial charge in [0, 0.05) is 139 Å². The van der Waals surface area contributed by atoms with Gasteiger partial charge in [0.15, 0.2) is 0 Å². The van der Waals surface area contributed by atoms with E-state index in [4.69, 9.17) is 18.9 Å². The lowest BCUT2D eigenvalue weighted by Gasteiger charge is -2.25. The van der Waals surface area contributed by atoms with Gasteiger partial charge in [0.2, 0.25) is 23.6 Å². The number of unbranched alkanes of at least 4 members (excludes halogenated alkanes) is 28. The van der Waals surface area contributed by atoms with Gasteiger partial charge in [-0.3, -0.25) is 19.2 Å². The highest BCUT2D eigenvalue weighted by atomic mass is 31.2. The first-order valence-corrected chi connectivity index (χ1v) is 59.4. The number of nitrogens with one attached hydrogen (secondary N) is 4. The molecule has 4 N–H and O–H groups in total. The zero-order valence-corrected chi connectivity index (χ0v) is 85.2. The van der Waals surface area contributed by atoms with Crippen molar-refractivity contribution in [1.82, 2.24) is 0 Å². The number of anilines is 4. The van der Waals surface area contributed by atoms with E-state index < -0.39 is 52.2 Å². The van der Waals surface area contributed by atoms with Gasteiger partial charge in [0.25, 0.3) is 0 Å². The first kappa shape index (κ1) is 107. The van der Waals surface area contributed by atoms with Crippen molar-refractivity contribution < 1.29 is 56.4 Å². The van der Waals surface area contributed by atoms with Crippen molar-refractivity contribution in [3.05, 3.63) is 214 Å². The van der Waals surface area contributed by atoms with Crippen LogP contribution in [0.2, 0.25) is 0 Å². The van der Waals surface area contributed by atoms with E-state index >= 15 is 37.4 Å². The molecule has 20 heteroatoms. The van der Waals surface area contributed by atoms with Crippen LogP contribution in [0.25, 0.3) is 0 Å². The average molecular weight is 1880 g/mol. The van der Waals surface area contributed by atoms with Crippen LogP contribution >= 0.6 is 28.6 Å². The van der Waals surface area contributed by atoms with Gasteiger partial charge >= 0.3 is 0 Å². The summed E-state index contributed by atoms with van der Waals surface area (Å²) in [6.07, 6.45) is 35.0. The van der Waals surface area contributed by atoms with Gasteiger partial charge in [0.05, 0.1) is 51.1 Å². The van der Waals surface area contributed by atoms with Crippen molar-refractivity contribution in [2.24, 2.45) is 0 Å². The van der Waals surface area contributed by atoms with E-state index in [0.717, 1.165) is 205 Å². The highest BCUT2D eigenvalue weighted by Crippen LogP contribution is 2.51. The molecule has 0 heterocycles. The fourth-order valence-corrected chi connectivity index (χ4v) is 28.7. The van der Waals surface area contributed by atoms with E-state index in [1.165, 1.54) is 0 Å². The zero-order valence-electron chi connectivity index (χ0n) is 81.6. The predicted molar refractivity (Wildman–Crippen MR) is 559 cm³/mol. The maximum Gasteiger partial charge on any atom is 0.232 e. The van der Waals surface area contributed by atoms with Crippen LogP contribution < -0.4 is 61.4 Å². The summed E-state index contributed by atoms with van der Waals surface area (Å²) in [5.74, 6) is 0.623. The van der Waals surface area contributed by atoms with Crippen molar-refractivity contribution in [2.45, 2.75) is 312 Å². The molecule has 1 aliphatic rings. The molecular formula is C112H160N4O12P4. The average Bonchev–Trinajstić information content (AvgIpc) is 0.766. The normalized spacial score (nSPS) is 13.8. The first-order valence-electron chi connectivity index (χ1n) is 51.1. The zero-order chi connectivity index (χ0) is 94.1. The number of benzene rings is 8. The van der Waals surface area contributed by atoms with Crippen LogP contribution in [-0.4, -0.2) is 99.4 Å². The number of carbonyl (C=O) groups excluding carboxylic acids is 4. The van der Waals surface area contributed by atoms with Crippen LogP contribution in [-0.2, 0) is 63.1 Å². The molecule has 0 saturated carbocycles. The Labute approximate surface area is 794 Å². The third-order valence-corrected chi connectivity index (χ3v) is 37.9. The van der Waals surface area contributed by atoms with E-state index in [2.05, 4.69) is 76.7 Å². The summed E-state index contributed by atoms with van der Waals surface area (Å²) >= 11 is 0. The number of rotatable bonds is 64. The van der Waals surface area contributed by atoms with Gasteiger partial charge < -0.3 is 58.5 Å². The first-order chi connectivity index (χ1) is 64.2. The molecule has 0 aliphatic heterocycles. The topological polar surface area (TPSA) is 222 Å². The van der Waals surface area contributed by atoms with Crippen LogP contribution in [0.5, 0.6) is 23.0 Å². The van der Waals surface area contributed by atoms with E-state index in [9.17, 15) is 0 Å². The van der Waals surface area contributed by atoms with E-state index in [0.29, 0.717) is 188 Å². The second kappa shape index (κ2) is 58.9. The highest BCUT2D eigenvalue weighted by Gasteiger charge is 2.35. The Bertz CT molecular complexity index is 4290. The van der Waals surface area contributed by atoms with Crippen molar-refractivity contribution >= 4 is 96.2 Å². The van der Waals surface area contributed by atoms with Crippen molar-refractivity contribution in [3.8, 4) is 23.0 Å². The molecular weight excluding hydrogens is 1720 g/mol. The number of carbonyl (C=O) groups is 4. The Morgan fingerprint density at radius 1 is 0.227 bits per heavy atom. The number of hydrogen-bond donors (Lipinski definition) is 4. The van der Waals surface area contributed by atoms with Crippen molar-refractivity contribution in [1.29, 1.82) is 0 Å². The number of hydrogen-bond acceptors (Lipinski definition) is 12. The Morgan fingerprint density at radius 2 is 0.386 bits per heavy atom. The lowest BCUT2D eigenvalue weighted by Crippen LogP contribution is -2.23. The summed E-state index contributed by atoms with van der Waals surface area (Å²) in [5.41, 5.74) is 7.20. The molecule has 1 aliphatic carbocycles. The van der Waals surface area contributed by atoms with Crippen LogP contribution in [0.4, 0.5) is 22.7 Å². The summed E-state index contributed by atoms with van der Waals surface area (Å²) < 4.78 is 93.0.